The number of benzene rings is 1. The van der Waals surface area contributed by atoms with Crippen LogP contribution in [0.1, 0.15) is 36.2 Å². The minimum atomic E-state index is -0.521. The van der Waals surface area contributed by atoms with Crippen LogP contribution < -0.4 is 0 Å². The molecule has 1 aliphatic heterocycles. The molecule has 0 radical (unpaired) electrons. The monoisotopic (exact) mass is 475 g/mol. The summed E-state index contributed by atoms with van der Waals surface area (Å²) in [4.78, 5) is 23.6. The molecule has 4 aromatic rings. The number of carbonyl (C=O) groups excluding carboxylic acids is 1. The first kappa shape index (κ1) is 23.2. The lowest BCUT2D eigenvalue weighted by atomic mass is 9.91. The van der Waals surface area contributed by atoms with E-state index in [4.69, 9.17) is 0 Å². The van der Waals surface area contributed by atoms with Crippen LogP contribution in [0.4, 0.5) is 8.78 Å². The van der Waals surface area contributed by atoms with Crippen LogP contribution in [-0.2, 0) is 17.8 Å². The molecule has 6 nitrogen and oxygen atoms in total. The predicted octanol–water partition coefficient (Wildman–Crippen LogP) is 4.82. The number of hydrogen-bond donors (Lipinski definition) is 0. The summed E-state index contributed by atoms with van der Waals surface area (Å²) in [5, 5.41) is 5.40. The van der Waals surface area contributed by atoms with Crippen molar-refractivity contribution < 1.29 is 13.6 Å². The zero-order valence-electron chi connectivity index (χ0n) is 19.6. The van der Waals surface area contributed by atoms with E-state index in [2.05, 4.69) is 15.1 Å². The standard InChI is InChI=1S/C27H27F2N5O/c1-18-10-22(7-8-30-18)34-27-15-31-21(12-20(27)14-32-34)13-23(35)11-19-4-3-9-33(16-19)17-24-25(28)5-2-6-26(24)29/h2,5-8,10,12,14-15,19H,3-4,9,11,13,16-17H2,1H3. The van der Waals surface area contributed by atoms with Gasteiger partial charge >= 0.3 is 0 Å². The largest absolute Gasteiger partial charge is 0.299 e. The SMILES string of the molecule is Cc1cc(-n2ncc3cc(CC(=O)CC4CCCN(Cc5c(F)cccc5F)C4)ncc32)ccn1. The molecule has 3 aromatic heterocycles. The summed E-state index contributed by atoms with van der Waals surface area (Å²) >= 11 is 0. The van der Waals surface area contributed by atoms with Crippen LogP contribution in [0, 0.1) is 24.5 Å². The Bertz CT molecular complexity index is 1350. The average molecular weight is 476 g/mol. The highest BCUT2D eigenvalue weighted by Gasteiger charge is 2.24. The normalized spacial score (nSPS) is 16.6. The molecule has 1 saturated heterocycles. The summed E-state index contributed by atoms with van der Waals surface area (Å²) in [7, 11) is 0. The first-order valence-corrected chi connectivity index (χ1v) is 11.9. The van der Waals surface area contributed by atoms with Crippen LogP contribution >= 0.6 is 0 Å². The van der Waals surface area contributed by atoms with Crippen molar-refractivity contribution in [1.82, 2.24) is 24.6 Å². The second-order valence-electron chi connectivity index (χ2n) is 9.31. The van der Waals surface area contributed by atoms with Crippen molar-refractivity contribution in [1.29, 1.82) is 0 Å². The number of piperidine rings is 1. The third-order valence-corrected chi connectivity index (χ3v) is 6.58. The molecule has 4 heterocycles. The minimum Gasteiger partial charge on any atom is -0.299 e. The third-order valence-electron chi connectivity index (χ3n) is 6.58. The Hall–Kier alpha value is -3.52. The molecule has 35 heavy (non-hydrogen) atoms. The Morgan fingerprint density at radius 1 is 1.11 bits per heavy atom. The number of carbonyl (C=O) groups is 1. The molecule has 1 atom stereocenters. The number of aryl methyl sites for hydroxylation is 1. The summed E-state index contributed by atoms with van der Waals surface area (Å²) in [5.74, 6) is -0.746. The molecule has 0 spiro atoms. The molecule has 180 valence electrons. The van der Waals surface area contributed by atoms with E-state index in [1.807, 2.05) is 34.7 Å². The number of halogens is 2. The Balaban J connectivity index is 1.21. The lowest BCUT2D eigenvalue weighted by Crippen LogP contribution is -2.36. The number of aromatic nitrogens is 4. The van der Waals surface area contributed by atoms with Gasteiger partial charge in [-0.15, -0.1) is 0 Å². The molecule has 1 aliphatic rings. The molecule has 0 N–H and O–H groups in total. The van der Waals surface area contributed by atoms with E-state index < -0.39 is 11.6 Å². The number of rotatable bonds is 7. The van der Waals surface area contributed by atoms with Crippen molar-refractivity contribution in [3.63, 3.8) is 0 Å². The molecular weight excluding hydrogens is 448 g/mol. The summed E-state index contributed by atoms with van der Waals surface area (Å²) in [5.41, 5.74) is 3.50. The van der Waals surface area contributed by atoms with Crippen molar-refractivity contribution in [3.05, 3.63) is 83.6 Å². The van der Waals surface area contributed by atoms with E-state index in [9.17, 15) is 13.6 Å². The zero-order valence-corrected chi connectivity index (χ0v) is 19.6. The average Bonchev–Trinajstić information content (AvgIpc) is 3.25. The number of likely N-dealkylation sites (tertiary alicyclic amines) is 1. The van der Waals surface area contributed by atoms with Gasteiger partial charge in [0.05, 0.1) is 23.6 Å². The first-order chi connectivity index (χ1) is 17.0. The van der Waals surface area contributed by atoms with Crippen molar-refractivity contribution in [3.8, 4) is 5.69 Å². The molecule has 1 aromatic carbocycles. The fourth-order valence-corrected chi connectivity index (χ4v) is 4.90. The van der Waals surface area contributed by atoms with Crippen molar-refractivity contribution in [2.75, 3.05) is 13.1 Å². The lowest BCUT2D eigenvalue weighted by molar-refractivity contribution is -0.119. The highest BCUT2D eigenvalue weighted by Crippen LogP contribution is 2.24. The molecule has 8 heteroatoms. The topological polar surface area (TPSA) is 63.9 Å². The van der Waals surface area contributed by atoms with Gasteiger partial charge in [0, 0.05) is 54.5 Å². The summed E-state index contributed by atoms with van der Waals surface area (Å²) in [6.45, 7) is 3.59. The number of hydrogen-bond acceptors (Lipinski definition) is 5. The van der Waals surface area contributed by atoms with Gasteiger partial charge in [0.2, 0.25) is 0 Å². The van der Waals surface area contributed by atoms with Crippen LogP contribution in [0.15, 0.2) is 55.0 Å². The van der Waals surface area contributed by atoms with Gasteiger partial charge in [0.15, 0.2) is 0 Å². The molecule has 1 fully saturated rings. The first-order valence-electron chi connectivity index (χ1n) is 11.9. The van der Waals surface area contributed by atoms with Gasteiger partial charge in [-0.2, -0.15) is 5.10 Å². The molecular formula is C27H27F2N5O. The summed E-state index contributed by atoms with van der Waals surface area (Å²) < 4.78 is 29.9. The van der Waals surface area contributed by atoms with Crippen LogP contribution in [0.3, 0.4) is 0 Å². The van der Waals surface area contributed by atoms with Crippen LogP contribution in [0.5, 0.6) is 0 Å². The fraction of sp³-hybridized carbons (Fsp3) is 0.333. The maximum absolute atomic E-state index is 14.0. The lowest BCUT2D eigenvalue weighted by Gasteiger charge is -2.32. The second kappa shape index (κ2) is 10.00. The number of ketones is 1. The van der Waals surface area contributed by atoms with Gasteiger partial charge < -0.3 is 0 Å². The maximum Gasteiger partial charge on any atom is 0.139 e. The maximum atomic E-state index is 14.0. The van der Waals surface area contributed by atoms with Crippen molar-refractivity contribution in [2.24, 2.45) is 5.92 Å². The van der Waals surface area contributed by atoms with E-state index in [-0.39, 0.29) is 30.2 Å². The van der Waals surface area contributed by atoms with Crippen LogP contribution in [0.25, 0.3) is 16.6 Å². The van der Waals surface area contributed by atoms with E-state index in [0.717, 1.165) is 41.7 Å². The highest BCUT2D eigenvalue weighted by molar-refractivity contribution is 5.84. The molecule has 0 aliphatic carbocycles. The van der Waals surface area contributed by atoms with Gasteiger partial charge in [-0.3, -0.25) is 19.7 Å². The summed E-state index contributed by atoms with van der Waals surface area (Å²) in [6, 6.07) is 9.72. The fourth-order valence-electron chi connectivity index (χ4n) is 4.90. The quantitative estimate of drug-likeness (QED) is 0.384. The zero-order chi connectivity index (χ0) is 24.4. The Labute approximate surface area is 202 Å². The minimum absolute atomic E-state index is 0.0967. The Morgan fingerprint density at radius 3 is 2.74 bits per heavy atom. The third kappa shape index (κ3) is 5.27. The second-order valence-corrected chi connectivity index (χ2v) is 9.31. The molecule has 0 amide bonds. The van der Waals surface area contributed by atoms with E-state index >= 15 is 0 Å². The number of nitrogens with zero attached hydrogens (tertiary/aromatic N) is 5. The molecule has 5 rings (SSSR count). The highest BCUT2D eigenvalue weighted by atomic mass is 19.1. The molecule has 0 bridgehead atoms. The Kier molecular flexibility index (Phi) is 6.63. The summed E-state index contributed by atoms with van der Waals surface area (Å²) in [6.07, 6.45) is 7.82. The Morgan fingerprint density at radius 2 is 1.94 bits per heavy atom. The number of Topliss-reactive ketones (excluding diaryl/α,β-unsaturated/α-hetero) is 1. The van der Waals surface area contributed by atoms with E-state index in [1.54, 1.807) is 18.6 Å². The molecule has 0 saturated carbocycles. The smallest absolute Gasteiger partial charge is 0.139 e. The van der Waals surface area contributed by atoms with Crippen LogP contribution in [0.2, 0.25) is 0 Å². The number of pyridine rings is 2. The van der Waals surface area contributed by atoms with Crippen molar-refractivity contribution in [2.45, 2.75) is 39.2 Å². The predicted molar refractivity (Wildman–Crippen MR) is 129 cm³/mol. The van der Waals surface area contributed by atoms with Gasteiger partial charge in [-0.05, 0) is 62.6 Å². The number of fused-ring (bicyclic) bond motifs is 1. The van der Waals surface area contributed by atoms with Crippen molar-refractivity contribution >= 4 is 16.7 Å². The van der Waals surface area contributed by atoms with Crippen LogP contribution in [-0.4, -0.2) is 43.5 Å². The van der Waals surface area contributed by atoms with Gasteiger partial charge in [-0.1, -0.05) is 6.07 Å². The van der Waals surface area contributed by atoms with Gasteiger partial charge in [-0.25, -0.2) is 13.5 Å². The van der Waals surface area contributed by atoms with E-state index in [1.165, 1.54) is 18.2 Å². The molecule has 1 unspecified atom stereocenters. The van der Waals surface area contributed by atoms with Gasteiger partial charge in [0.25, 0.3) is 0 Å². The van der Waals surface area contributed by atoms with Gasteiger partial charge in [0.1, 0.15) is 17.4 Å². The van der Waals surface area contributed by atoms with E-state index in [0.29, 0.717) is 18.7 Å².